The highest BCUT2D eigenvalue weighted by Gasteiger charge is 2.22. The minimum absolute atomic E-state index is 0.151. The van der Waals surface area contributed by atoms with E-state index in [0.29, 0.717) is 5.13 Å². The van der Waals surface area contributed by atoms with E-state index >= 15 is 0 Å². The predicted octanol–water partition coefficient (Wildman–Crippen LogP) is 1.12. The summed E-state index contributed by atoms with van der Waals surface area (Å²) in [5.41, 5.74) is 1.58. The van der Waals surface area contributed by atoms with E-state index in [1.807, 2.05) is 0 Å². The Morgan fingerprint density at radius 2 is 2.05 bits per heavy atom. The smallest absolute Gasteiger partial charge is 0.321 e. The number of piperidine rings is 1. The van der Waals surface area contributed by atoms with Crippen LogP contribution in [0.15, 0.2) is 24.0 Å². The zero-order chi connectivity index (χ0) is 14.5. The van der Waals surface area contributed by atoms with Gasteiger partial charge in [0, 0.05) is 31.5 Å². The Bertz CT molecular complexity index is 569. The van der Waals surface area contributed by atoms with Gasteiger partial charge in [-0.3, -0.25) is 5.32 Å². The molecular weight excluding hydrogens is 290 g/mol. The molecule has 0 radical (unpaired) electrons. The third kappa shape index (κ3) is 3.63. The van der Waals surface area contributed by atoms with Crippen LogP contribution in [-0.4, -0.2) is 45.3 Å². The van der Waals surface area contributed by atoms with Crippen LogP contribution in [0.2, 0.25) is 0 Å². The molecule has 2 aromatic heterocycles. The van der Waals surface area contributed by atoms with E-state index in [-0.39, 0.29) is 12.1 Å². The molecular formula is C12H15N7OS. The van der Waals surface area contributed by atoms with E-state index in [0.717, 1.165) is 31.9 Å². The minimum atomic E-state index is -0.235. The predicted molar refractivity (Wildman–Crippen MR) is 79.3 cm³/mol. The van der Waals surface area contributed by atoms with Crippen LogP contribution in [0.3, 0.4) is 0 Å². The lowest BCUT2D eigenvalue weighted by atomic mass is 10.1. The molecule has 2 amide bonds. The van der Waals surface area contributed by atoms with Gasteiger partial charge in [0.05, 0.1) is 0 Å². The summed E-state index contributed by atoms with van der Waals surface area (Å²) < 4.78 is 0. The quantitative estimate of drug-likeness (QED) is 0.882. The monoisotopic (exact) mass is 305 g/mol. The van der Waals surface area contributed by atoms with Crippen LogP contribution in [0.1, 0.15) is 12.8 Å². The molecule has 0 bridgehead atoms. The lowest BCUT2D eigenvalue weighted by Crippen LogP contribution is -2.46. The summed E-state index contributed by atoms with van der Waals surface area (Å²) in [6.45, 7) is 1.65. The highest BCUT2D eigenvalue weighted by molar-refractivity contribution is 7.13. The second-order valence-electron chi connectivity index (χ2n) is 4.65. The first-order valence-electron chi connectivity index (χ1n) is 6.67. The molecule has 1 aliphatic rings. The van der Waals surface area contributed by atoms with Crippen molar-refractivity contribution in [1.29, 1.82) is 0 Å². The van der Waals surface area contributed by atoms with E-state index < -0.39 is 0 Å². The van der Waals surface area contributed by atoms with Gasteiger partial charge >= 0.3 is 6.03 Å². The maximum atomic E-state index is 11.8. The van der Waals surface area contributed by atoms with Crippen molar-refractivity contribution in [3.63, 3.8) is 0 Å². The fourth-order valence-corrected chi connectivity index (χ4v) is 2.66. The molecule has 3 heterocycles. The molecule has 0 atom stereocenters. The summed E-state index contributed by atoms with van der Waals surface area (Å²) in [5.74, 6) is 0.745. The molecule has 1 aliphatic heterocycles. The van der Waals surface area contributed by atoms with E-state index in [2.05, 4.69) is 35.7 Å². The van der Waals surface area contributed by atoms with Crippen LogP contribution in [0, 0.1) is 0 Å². The van der Waals surface area contributed by atoms with Crippen molar-refractivity contribution in [3.8, 4) is 0 Å². The third-order valence-electron chi connectivity index (χ3n) is 3.25. The molecule has 0 aromatic carbocycles. The number of rotatable bonds is 3. The highest BCUT2D eigenvalue weighted by Crippen LogP contribution is 2.15. The number of hydrogen-bond donors (Lipinski definition) is 2. The Morgan fingerprint density at radius 1 is 1.29 bits per heavy atom. The van der Waals surface area contributed by atoms with Crippen LogP contribution in [0.4, 0.5) is 15.9 Å². The fourth-order valence-electron chi connectivity index (χ4n) is 2.22. The van der Waals surface area contributed by atoms with Gasteiger partial charge < -0.3 is 10.2 Å². The Kier molecular flexibility index (Phi) is 4.20. The molecule has 21 heavy (non-hydrogen) atoms. The average Bonchev–Trinajstić information content (AvgIpc) is 3.02. The second kappa shape index (κ2) is 6.44. The maximum Gasteiger partial charge on any atom is 0.321 e. The van der Waals surface area contributed by atoms with Crippen molar-refractivity contribution >= 4 is 28.4 Å². The molecule has 0 unspecified atom stereocenters. The number of carbonyl (C=O) groups excluding carboxylic acids is 1. The lowest BCUT2D eigenvalue weighted by molar-refractivity contribution is 0.246. The number of carbonyl (C=O) groups is 1. The zero-order valence-electron chi connectivity index (χ0n) is 11.3. The van der Waals surface area contributed by atoms with Crippen molar-refractivity contribution in [3.05, 3.63) is 24.0 Å². The number of hydrogen-bond acceptors (Lipinski definition) is 7. The molecule has 8 nitrogen and oxygen atoms in total. The van der Waals surface area contributed by atoms with Gasteiger partial charge in [-0.05, 0) is 18.9 Å². The normalized spacial score (nSPS) is 15.7. The SMILES string of the molecule is O=C(Nc1nncs1)NC1CCN(c2ncccn2)CC1. The van der Waals surface area contributed by atoms with Crippen LogP contribution in [0.25, 0.3) is 0 Å². The largest absolute Gasteiger partial charge is 0.341 e. The molecule has 2 N–H and O–H groups in total. The van der Waals surface area contributed by atoms with Gasteiger partial charge in [-0.1, -0.05) is 11.3 Å². The molecule has 1 saturated heterocycles. The Morgan fingerprint density at radius 3 is 2.71 bits per heavy atom. The van der Waals surface area contributed by atoms with Gasteiger partial charge in [0.25, 0.3) is 0 Å². The van der Waals surface area contributed by atoms with E-state index in [1.165, 1.54) is 11.3 Å². The van der Waals surface area contributed by atoms with Gasteiger partial charge in [-0.15, -0.1) is 10.2 Å². The maximum absolute atomic E-state index is 11.8. The van der Waals surface area contributed by atoms with Crippen molar-refractivity contribution in [2.24, 2.45) is 0 Å². The molecule has 1 fully saturated rings. The number of aromatic nitrogens is 4. The third-order valence-corrected chi connectivity index (χ3v) is 3.85. The number of urea groups is 1. The van der Waals surface area contributed by atoms with Gasteiger partial charge in [0.15, 0.2) is 0 Å². The number of amides is 2. The Hall–Kier alpha value is -2.29. The molecule has 3 rings (SSSR count). The number of nitrogens with one attached hydrogen (secondary N) is 2. The fraction of sp³-hybridized carbons (Fsp3) is 0.417. The summed E-state index contributed by atoms with van der Waals surface area (Å²) in [4.78, 5) is 22.4. The summed E-state index contributed by atoms with van der Waals surface area (Å²) in [6, 6.07) is 1.72. The molecule has 110 valence electrons. The summed E-state index contributed by atoms with van der Waals surface area (Å²) in [7, 11) is 0. The first-order chi connectivity index (χ1) is 10.3. The van der Waals surface area contributed by atoms with Crippen LogP contribution < -0.4 is 15.5 Å². The second-order valence-corrected chi connectivity index (χ2v) is 5.49. The highest BCUT2D eigenvalue weighted by atomic mass is 32.1. The van der Waals surface area contributed by atoms with Crippen molar-refractivity contribution in [2.45, 2.75) is 18.9 Å². The first-order valence-corrected chi connectivity index (χ1v) is 7.55. The summed E-state index contributed by atoms with van der Waals surface area (Å²) in [6.07, 6.45) is 5.20. The Balaban J connectivity index is 1.46. The molecule has 9 heteroatoms. The summed E-state index contributed by atoms with van der Waals surface area (Å²) >= 11 is 1.29. The van der Waals surface area contributed by atoms with Crippen LogP contribution in [-0.2, 0) is 0 Å². The van der Waals surface area contributed by atoms with Crippen LogP contribution in [0.5, 0.6) is 0 Å². The van der Waals surface area contributed by atoms with E-state index in [9.17, 15) is 4.79 Å². The topological polar surface area (TPSA) is 95.9 Å². The molecule has 0 spiro atoms. The lowest BCUT2D eigenvalue weighted by Gasteiger charge is -2.32. The first kappa shape index (κ1) is 13.7. The average molecular weight is 305 g/mol. The standard InChI is InChI=1S/C12H15N7OS/c20-11(17-12-18-15-8-21-12)16-9-2-6-19(7-3-9)10-13-4-1-5-14-10/h1,4-5,8-9H,2-3,6-7H2,(H2,16,17,18,20). The minimum Gasteiger partial charge on any atom is -0.341 e. The molecule has 2 aromatic rings. The number of anilines is 2. The van der Waals surface area contributed by atoms with Crippen molar-refractivity contribution in [1.82, 2.24) is 25.5 Å². The van der Waals surface area contributed by atoms with Gasteiger partial charge in [-0.2, -0.15) is 0 Å². The zero-order valence-corrected chi connectivity index (χ0v) is 12.1. The van der Waals surface area contributed by atoms with E-state index in [4.69, 9.17) is 0 Å². The molecule has 0 saturated carbocycles. The van der Waals surface area contributed by atoms with Gasteiger partial charge in [-0.25, -0.2) is 14.8 Å². The molecule has 0 aliphatic carbocycles. The van der Waals surface area contributed by atoms with Gasteiger partial charge in [0.2, 0.25) is 11.1 Å². The van der Waals surface area contributed by atoms with Crippen LogP contribution >= 0.6 is 11.3 Å². The van der Waals surface area contributed by atoms with Gasteiger partial charge in [0.1, 0.15) is 5.51 Å². The van der Waals surface area contributed by atoms with Crippen molar-refractivity contribution in [2.75, 3.05) is 23.3 Å². The van der Waals surface area contributed by atoms with Crippen molar-refractivity contribution < 1.29 is 4.79 Å². The number of nitrogens with zero attached hydrogens (tertiary/aromatic N) is 5. The Labute approximate surface area is 125 Å². The van der Waals surface area contributed by atoms with E-state index in [1.54, 1.807) is 24.0 Å². The summed E-state index contributed by atoms with van der Waals surface area (Å²) in [5, 5.41) is 13.6.